The minimum atomic E-state index is -0.463. The minimum Gasteiger partial charge on any atom is -0.388 e. The zero-order chi connectivity index (χ0) is 9.78. The SMILES string of the molecule is C#CC(N=C(C)N)C(C)(C)OC.I. The smallest absolute Gasteiger partial charge is 0.140 e. The normalized spacial score (nSPS) is 14.2. The van der Waals surface area contributed by atoms with Crippen molar-refractivity contribution in [1.82, 2.24) is 0 Å². The van der Waals surface area contributed by atoms with E-state index in [4.69, 9.17) is 16.9 Å². The number of aliphatic imine (C=N–C) groups is 1. The Hall–Kier alpha value is -0.280. The van der Waals surface area contributed by atoms with Crippen LogP contribution >= 0.6 is 24.0 Å². The van der Waals surface area contributed by atoms with Gasteiger partial charge < -0.3 is 10.5 Å². The topological polar surface area (TPSA) is 47.6 Å². The van der Waals surface area contributed by atoms with Crippen LogP contribution in [0.5, 0.6) is 0 Å². The summed E-state index contributed by atoms with van der Waals surface area (Å²) < 4.78 is 5.19. The number of nitrogens with two attached hydrogens (primary N) is 1. The molecule has 0 bridgehead atoms. The van der Waals surface area contributed by atoms with Gasteiger partial charge in [0.05, 0.1) is 11.4 Å². The molecular weight excluding hydrogens is 279 g/mol. The number of amidine groups is 1. The molecule has 0 saturated heterocycles. The van der Waals surface area contributed by atoms with Crippen LogP contribution in [0, 0.1) is 12.3 Å². The molecule has 0 aliphatic carbocycles. The molecule has 1 unspecified atom stereocenters. The van der Waals surface area contributed by atoms with Gasteiger partial charge in [0.2, 0.25) is 0 Å². The zero-order valence-electron chi connectivity index (χ0n) is 8.50. The predicted octanol–water partition coefficient (Wildman–Crippen LogP) is 1.41. The summed E-state index contributed by atoms with van der Waals surface area (Å²) in [7, 11) is 1.60. The van der Waals surface area contributed by atoms with Gasteiger partial charge in [-0.1, -0.05) is 5.92 Å². The molecule has 4 heteroatoms. The molecule has 76 valence electrons. The first-order chi connectivity index (χ1) is 5.44. The number of hydrogen-bond donors (Lipinski definition) is 1. The average molecular weight is 296 g/mol. The molecule has 0 aliphatic heterocycles. The molecule has 3 nitrogen and oxygen atoms in total. The van der Waals surface area contributed by atoms with Crippen LogP contribution in [0.1, 0.15) is 20.8 Å². The third kappa shape index (κ3) is 5.11. The molecule has 13 heavy (non-hydrogen) atoms. The van der Waals surface area contributed by atoms with Crippen LogP contribution in [0.15, 0.2) is 4.99 Å². The average Bonchev–Trinajstić information content (AvgIpc) is 1.99. The Balaban J connectivity index is 0. The van der Waals surface area contributed by atoms with Gasteiger partial charge in [-0.3, -0.25) is 4.99 Å². The highest BCUT2D eigenvalue weighted by Crippen LogP contribution is 2.15. The summed E-state index contributed by atoms with van der Waals surface area (Å²) in [6.45, 7) is 5.46. The highest BCUT2D eigenvalue weighted by Gasteiger charge is 2.26. The van der Waals surface area contributed by atoms with Crippen molar-refractivity contribution in [3.8, 4) is 12.3 Å². The maximum Gasteiger partial charge on any atom is 0.140 e. The molecule has 0 heterocycles. The lowest BCUT2D eigenvalue weighted by atomic mass is 10.00. The van der Waals surface area contributed by atoms with Gasteiger partial charge in [0.1, 0.15) is 6.04 Å². The van der Waals surface area contributed by atoms with E-state index in [0.717, 1.165) is 0 Å². The highest BCUT2D eigenvalue weighted by molar-refractivity contribution is 14.0. The van der Waals surface area contributed by atoms with Gasteiger partial charge in [0, 0.05) is 7.11 Å². The molecule has 0 amide bonds. The van der Waals surface area contributed by atoms with E-state index >= 15 is 0 Å². The van der Waals surface area contributed by atoms with Crippen molar-refractivity contribution in [3.05, 3.63) is 0 Å². The summed E-state index contributed by atoms with van der Waals surface area (Å²) in [5.74, 6) is 3.01. The van der Waals surface area contributed by atoms with E-state index in [9.17, 15) is 0 Å². The summed E-state index contributed by atoms with van der Waals surface area (Å²) >= 11 is 0. The Morgan fingerprint density at radius 3 is 2.31 bits per heavy atom. The maximum absolute atomic E-state index is 5.42. The van der Waals surface area contributed by atoms with E-state index in [1.165, 1.54) is 0 Å². The van der Waals surface area contributed by atoms with Gasteiger partial charge in [-0.15, -0.1) is 30.4 Å². The number of rotatable bonds is 3. The molecular formula is C9H17IN2O. The molecule has 0 aliphatic rings. The summed E-state index contributed by atoms with van der Waals surface area (Å²) in [6, 6.07) is -0.326. The third-order valence-electron chi connectivity index (χ3n) is 1.68. The lowest BCUT2D eigenvalue weighted by Gasteiger charge is -2.26. The Labute approximate surface area is 97.2 Å². The van der Waals surface area contributed by atoms with Crippen LogP contribution in [0.3, 0.4) is 0 Å². The van der Waals surface area contributed by atoms with Crippen LogP contribution in [-0.4, -0.2) is 24.6 Å². The number of nitrogens with zero attached hydrogens (tertiary/aromatic N) is 1. The van der Waals surface area contributed by atoms with Gasteiger partial charge in [-0.05, 0) is 20.8 Å². The van der Waals surface area contributed by atoms with Crippen molar-refractivity contribution in [3.63, 3.8) is 0 Å². The second-order valence-electron chi connectivity index (χ2n) is 3.15. The number of ether oxygens (including phenoxy) is 1. The second-order valence-corrected chi connectivity index (χ2v) is 3.15. The van der Waals surface area contributed by atoms with E-state index in [1.807, 2.05) is 13.8 Å². The standard InChI is InChI=1S/C9H16N2O.HI/c1-6-8(11-7(2)10)9(3,4)12-5;/h1,8H,2-5H3,(H2,10,11);1H. The van der Waals surface area contributed by atoms with Gasteiger partial charge >= 0.3 is 0 Å². The fourth-order valence-corrected chi connectivity index (χ4v) is 0.709. The van der Waals surface area contributed by atoms with Crippen LogP contribution < -0.4 is 5.73 Å². The zero-order valence-corrected chi connectivity index (χ0v) is 10.8. The lowest BCUT2D eigenvalue weighted by molar-refractivity contribution is 0.0153. The van der Waals surface area contributed by atoms with E-state index < -0.39 is 5.60 Å². The van der Waals surface area contributed by atoms with Gasteiger partial charge in [0.15, 0.2) is 0 Å². The van der Waals surface area contributed by atoms with Crippen molar-refractivity contribution < 1.29 is 4.74 Å². The molecule has 0 radical (unpaired) electrons. The molecule has 1 atom stereocenters. The second kappa shape index (κ2) is 6.22. The predicted molar refractivity (Wildman–Crippen MR) is 66.4 cm³/mol. The summed E-state index contributed by atoms with van der Waals surface area (Å²) in [6.07, 6.45) is 5.29. The Morgan fingerprint density at radius 1 is 1.62 bits per heavy atom. The molecule has 0 rings (SSSR count). The summed E-state index contributed by atoms with van der Waals surface area (Å²) in [5, 5.41) is 0. The van der Waals surface area contributed by atoms with E-state index in [2.05, 4.69) is 10.9 Å². The summed E-state index contributed by atoms with van der Waals surface area (Å²) in [4.78, 5) is 4.07. The molecule has 0 saturated carbocycles. The molecule has 0 fully saturated rings. The molecule has 0 aromatic rings. The van der Waals surface area contributed by atoms with E-state index in [-0.39, 0.29) is 30.0 Å². The fraction of sp³-hybridized carbons (Fsp3) is 0.667. The van der Waals surface area contributed by atoms with Gasteiger partial charge in [-0.2, -0.15) is 0 Å². The van der Waals surface area contributed by atoms with Crippen LogP contribution in [0.2, 0.25) is 0 Å². The van der Waals surface area contributed by atoms with Crippen molar-refractivity contribution in [2.24, 2.45) is 10.7 Å². The van der Waals surface area contributed by atoms with Crippen LogP contribution in [-0.2, 0) is 4.74 Å². The molecule has 2 N–H and O–H groups in total. The number of terminal acetylenes is 1. The first kappa shape index (κ1) is 15.2. The minimum absolute atomic E-state index is 0. The fourth-order valence-electron chi connectivity index (χ4n) is 0.709. The first-order valence-corrected chi connectivity index (χ1v) is 3.75. The maximum atomic E-state index is 5.42. The third-order valence-corrected chi connectivity index (χ3v) is 1.68. The monoisotopic (exact) mass is 296 g/mol. The molecule has 0 aromatic heterocycles. The van der Waals surface area contributed by atoms with Crippen molar-refractivity contribution >= 4 is 29.8 Å². The van der Waals surface area contributed by atoms with Gasteiger partial charge in [0.25, 0.3) is 0 Å². The lowest BCUT2D eigenvalue weighted by Crippen LogP contribution is -2.37. The largest absolute Gasteiger partial charge is 0.388 e. The molecule has 0 aromatic carbocycles. The number of methoxy groups -OCH3 is 1. The van der Waals surface area contributed by atoms with Gasteiger partial charge in [-0.25, -0.2) is 0 Å². The quantitative estimate of drug-likeness (QED) is 0.370. The Morgan fingerprint density at radius 2 is 2.08 bits per heavy atom. The highest BCUT2D eigenvalue weighted by atomic mass is 127. The van der Waals surface area contributed by atoms with Crippen molar-refractivity contribution in [1.29, 1.82) is 0 Å². The molecule has 0 spiro atoms. The number of halogens is 1. The van der Waals surface area contributed by atoms with Crippen LogP contribution in [0.25, 0.3) is 0 Å². The van der Waals surface area contributed by atoms with E-state index in [1.54, 1.807) is 14.0 Å². The van der Waals surface area contributed by atoms with Crippen LogP contribution in [0.4, 0.5) is 0 Å². The Bertz CT molecular complexity index is 214. The van der Waals surface area contributed by atoms with E-state index in [0.29, 0.717) is 5.84 Å². The first-order valence-electron chi connectivity index (χ1n) is 3.75. The number of hydrogen-bond acceptors (Lipinski definition) is 2. The van der Waals surface area contributed by atoms with Crippen molar-refractivity contribution in [2.75, 3.05) is 7.11 Å². The Kier molecular flexibility index (Phi) is 7.27. The van der Waals surface area contributed by atoms with Crippen molar-refractivity contribution in [2.45, 2.75) is 32.4 Å². The summed E-state index contributed by atoms with van der Waals surface area (Å²) in [5.41, 5.74) is 4.96.